The second-order valence-electron chi connectivity index (χ2n) is 3.69. The third kappa shape index (κ3) is 5.23. The number of rotatable bonds is 7. The number of carbonyl (C=O) groups is 2. The van der Waals surface area contributed by atoms with Crippen LogP contribution in [-0.2, 0) is 14.3 Å². The Morgan fingerprint density at radius 2 is 1.88 bits per heavy atom. The van der Waals surface area contributed by atoms with Crippen molar-refractivity contribution in [3.05, 3.63) is 0 Å². The predicted octanol–water partition coefficient (Wildman–Crippen LogP) is 0.626. The second kappa shape index (κ2) is 8.24. The van der Waals surface area contributed by atoms with Crippen LogP contribution in [0.3, 0.4) is 0 Å². The van der Waals surface area contributed by atoms with Crippen LogP contribution < -0.4 is 0 Å². The molecule has 5 nitrogen and oxygen atoms in total. The monoisotopic (exact) mass is 232 g/mol. The van der Waals surface area contributed by atoms with Gasteiger partial charge in [-0.2, -0.15) is 0 Å². The minimum Gasteiger partial charge on any atom is -0.393 e. The van der Waals surface area contributed by atoms with Gasteiger partial charge in [-0.1, -0.05) is 26.7 Å². The molecule has 0 saturated carbocycles. The van der Waals surface area contributed by atoms with Crippen molar-refractivity contribution < 1.29 is 24.5 Å². The molecule has 0 aromatic carbocycles. The number of carbonyl (C=O) groups excluding carboxylic acids is 2. The van der Waals surface area contributed by atoms with Crippen molar-refractivity contribution in [2.75, 3.05) is 6.61 Å². The Hall–Kier alpha value is -0.940. The van der Waals surface area contributed by atoms with Crippen LogP contribution in [0.15, 0.2) is 0 Å². The van der Waals surface area contributed by atoms with Crippen molar-refractivity contribution in [3.63, 3.8) is 0 Å². The maximum absolute atomic E-state index is 11.5. The van der Waals surface area contributed by atoms with Gasteiger partial charge in [-0.3, -0.25) is 4.79 Å². The molecule has 94 valence electrons. The number of ether oxygens (including phenoxy) is 1. The Labute approximate surface area is 95.4 Å². The van der Waals surface area contributed by atoms with Gasteiger partial charge >= 0.3 is 11.9 Å². The first-order valence-electron chi connectivity index (χ1n) is 5.61. The van der Waals surface area contributed by atoms with Crippen molar-refractivity contribution in [2.24, 2.45) is 5.92 Å². The van der Waals surface area contributed by atoms with E-state index in [2.05, 4.69) is 4.74 Å². The highest BCUT2D eigenvalue weighted by molar-refractivity contribution is 5.88. The Kier molecular flexibility index (Phi) is 7.76. The zero-order valence-corrected chi connectivity index (χ0v) is 9.81. The van der Waals surface area contributed by atoms with Crippen LogP contribution in [0.25, 0.3) is 0 Å². The Morgan fingerprint density at radius 1 is 1.25 bits per heavy atom. The van der Waals surface area contributed by atoms with Crippen LogP contribution in [0.2, 0.25) is 0 Å². The van der Waals surface area contributed by atoms with E-state index in [1.54, 1.807) is 0 Å². The van der Waals surface area contributed by atoms with Crippen molar-refractivity contribution in [3.8, 4) is 0 Å². The molecule has 0 bridgehead atoms. The fraction of sp³-hybridized carbons (Fsp3) is 0.818. The van der Waals surface area contributed by atoms with Gasteiger partial charge in [0.1, 0.15) is 0 Å². The lowest BCUT2D eigenvalue weighted by molar-refractivity contribution is -0.169. The van der Waals surface area contributed by atoms with Gasteiger partial charge in [-0.05, 0) is 12.8 Å². The first kappa shape index (κ1) is 15.1. The van der Waals surface area contributed by atoms with Crippen LogP contribution in [-0.4, -0.2) is 34.9 Å². The minimum atomic E-state index is -1.63. The molecule has 0 aromatic heterocycles. The van der Waals surface area contributed by atoms with Crippen molar-refractivity contribution in [1.29, 1.82) is 0 Å². The molecule has 0 fully saturated rings. The smallest absolute Gasteiger partial charge is 0.345 e. The molecule has 0 heterocycles. The summed E-state index contributed by atoms with van der Waals surface area (Å²) in [6.07, 6.45) is 1.50. The molecule has 5 heteroatoms. The van der Waals surface area contributed by atoms with E-state index in [0.29, 0.717) is 12.8 Å². The number of esters is 2. The summed E-state index contributed by atoms with van der Waals surface area (Å²) >= 11 is 0. The average molecular weight is 232 g/mol. The van der Waals surface area contributed by atoms with E-state index >= 15 is 0 Å². The SMILES string of the molecule is CCCCC(CC)C(=O)OC(=O)C(O)CO. The quantitative estimate of drug-likeness (QED) is 0.496. The van der Waals surface area contributed by atoms with E-state index in [1.165, 1.54) is 0 Å². The summed E-state index contributed by atoms with van der Waals surface area (Å²) in [6, 6.07) is 0. The molecule has 0 aromatic rings. The zero-order chi connectivity index (χ0) is 12.6. The highest BCUT2D eigenvalue weighted by Crippen LogP contribution is 2.14. The molecule has 0 amide bonds. The van der Waals surface area contributed by atoms with E-state index in [9.17, 15) is 9.59 Å². The van der Waals surface area contributed by atoms with Gasteiger partial charge in [-0.25, -0.2) is 4.79 Å². The molecule has 2 atom stereocenters. The summed E-state index contributed by atoms with van der Waals surface area (Å²) in [6.45, 7) is 3.12. The lowest BCUT2D eigenvalue weighted by Gasteiger charge is -2.13. The van der Waals surface area contributed by atoms with E-state index in [4.69, 9.17) is 10.2 Å². The summed E-state index contributed by atoms with van der Waals surface area (Å²) < 4.78 is 4.47. The molecule has 16 heavy (non-hydrogen) atoms. The van der Waals surface area contributed by atoms with Gasteiger partial charge in [0, 0.05) is 0 Å². The largest absolute Gasteiger partial charge is 0.393 e. The molecule has 0 spiro atoms. The third-order valence-electron chi connectivity index (χ3n) is 2.38. The number of hydrogen-bond acceptors (Lipinski definition) is 5. The maximum atomic E-state index is 11.5. The van der Waals surface area contributed by atoms with Crippen molar-refractivity contribution >= 4 is 11.9 Å². The lowest BCUT2D eigenvalue weighted by Crippen LogP contribution is -2.31. The summed E-state index contributed by atoms with van der Waals surface area (Å²) in [5.74, 6) is -2.01. The maximum Gasteiger partial charge on any atom is 0.345 e. The van der Waals surface area contributed by atoms with E-state index in [-0.39, 0.29) is 5.92 Å². The fourth-order valence-electron chi connectivity index (χ4n) is 1.26. The fourth-order valence-corrected chi connectivity index (χ4v) is 1.26. The molecule has 2 N–H and O–H groups in total. The summed E-state index contributed by atoms with van der Waals surface area (Å²) in [5.41, 5.74) is 0. The summed E-state index contributed by atoms with van der Waals surface area (Å²) in [7, 11) is 0. The van der Waals surface area contributed by atoms with Crippen molar-refractivity contribution in [2.45, 2.75) is 45.6 Å². The highest BCUT2D eigenvalue weighted by atomic mass is 16.6. The molecule has 0 aliphatic rings. The van der Waals surface area contributed by atoms with E-state index < -0.39 is 24.6 Å². The topological polar surface area (TPSA) is 83.8 Å². The summed E-state index contributed by atoms with van der Waals surface area (Å²) in [4.78, 5) is 22.5. The molecular formula is C11H20O5. The number of unbranched alkanes of at least 4 members (excludes halogenated alkanes) is 1. The highest BCUT2D eigenvalue weighted by Gasteiger charge is 2.24. The zero-order valence-electron chi connectivity index (χ0n) is 9.81. The van der Waals surface area contributed by atoms with Gasteiger partial charge in [0.2, 0.25) is 0 Å². The van der Waals surface area contributed by atoms with Gasteiger partial charge in [0.25, 0.3) is 0 Å². The number of aliphatic hydroxyl groups is 2. The van der Waals surface area contributed by atoms with Crippen molar-refractivity contribution in [1.82, 2.24) is 0 Å². The number of aliphatic hydroxyl groups excluding tert-OH is 2. The molecule has 0 radical (unpaired) electrons. The van der Waals surface area contributed by atoms with Gasteiger partial charge in [0.05, 0.1) is 12.5 Å². The van der Waals surface area contributed by atoms with Crippen LogP contribution in [0.5, 0.6) is 0 Å². The van der Waals surface area contributed by atoms with Gasteiger partial charge in [0.15, 0.2) is 6.10 Å². The Bertz CT molecular complexity index is 226. The number of hydrogen-bond donors (Lipinski definition) is 2. The van der Waals surface area contributed by atoms with Gasteiger partial charge < -0.3 is 14.9 Å². The van der Waals surface area contributed by atoms with Crippen LogP contribution in [0, 0.1) is 5.92 Å². The first-order chi connectivity index (χ1) is 7.56. The summed E-state index contributed by atoms with van der Waals surface area (Å²) in [5, 5.41) is 17.4. The lowest BCUT2D eigenvalue weighted by atomic mass is 10.00. The van der Waals surface area contributed by atoms with Crippen LogP contribution in [0.4, 0.5) is 0 Å². The standard InChI is InChI=1S/C11H20O5/c1-3-5-6-8(4-2)10(14)16-11(15)9(13)7-12/h8-9,12-13H,3-7H2,1-2H3. The third-order valence-corrected chi connectivity index (χ3v) is 2.38. The molecule has 0 saturated heterocycles. The molecule has 0 aliphatic heterocycles. The normalized spacial score (nSPS) is 14.2. The molecule has 0 aliphatic carbocycles. The molecule has 2 unspecified atom stereocenters. The minimum absolute atomic E-state index is 0.310. The van der Waals surface area contributed by atoms with E-state index in [0.717, 1.165) is 12.8 Å². The Morgan fingerprint density at radius 3 is 2.31 bits per heavy atom. The van der Waals surface area contributed by atoms with Crippen LogP contribution in [0.1, 0.15) is 39.5 Å². The van der Waals surface area contributed by atoms with Gasteiger partial charge in [-0.15, -0.1) is 0 Å². The molecular weight excluding hydrogens is 212 g/mol. The predicted molar refractivity (Wildman–Crippen MR) is 57.5 cm³/mol. The van der Waals surface area contributed by atoms with E-state index in [1.807, 2.05) is 13.8 Å². The first-order valence-corrected chi connectivity index (χ1v) is 5.61. The molecule has 0 rings (SSSR count). The second-order valence-corrected chi connectivity index (χ2v) is 3.69. The average Bonchev–Trinajstić information content (AvgIpc) is 2.28. The van der Waals surface area contributed by atoms with Crippen LogP contribution >= 0.6 is 0 Å². The Balaban J connectivity index is 4.15.